The number of hydrogen-bond acceptors (Lipinski definition) is 2. The van der Waals surface area contributed by atoms with Crippen molar-refractivity contribution in [3.8, 4) is 0 Å². The second-order valence-corrected chi connectivity index (χ2v) is 2.60. The molecular formula is C6H13O2. The maximum atomic E-state index is 8.24. The number of hydrogen-bond donors (Lipinski definition) is 1. The van der Waals surface area contributed by atoms with Crippen LogP contribution in [0.1, 0.15) is 27.7 Å². The van der Waals surface area contributed by atoms with Gasteiger partial charge in [-0.15, -0.1) is 0 Å². The van der Waals surface area contributed by atoms with Gasteiger partial charge in [-0.25, -0.2) is 4.89 Å². The summed E-state index contributed by atoms with van der Waals surface area (Å²) < 4.78 is 0. The van der Waals surface area contributed by atoms with Crippen molar-refractivity contribution in [1.82, 2.24) is 0 Å². The van der Waals surface area contributed by atoms with E-state index in [0.717, 1.165) is 5.92 Å². The van der Waals surface area contributed by atoms with Crippen LogP contribution in [-0.4, -0.2) is 10.9 Å². The standard InChI is InChI=1S/C6H13O2/c1-5(2)6(3,4)8-7/h7H,1-4H3. The fourth-order valence-electron chi connectivity index (χ4n) is 0.0913. The molecule has 8 heavy (non-hydrogen) atoms. The molecule has 0 saturated carbocycles. The monoisotopic (exact) mass is 117 g/mol. The van der Waals surface area contributed by atoms with Crippen LogP contribution < -0.4 is 0 Å². The molecule has 1 N–H and O–H groups in total. The molecule has 49 valence electrons. The fraction of sp³-hybridized carbons (Fsp3) is 0.833. The molecule has 0 heterocycles. The molecule has 2 heteroatoms. The highest BCUT2D eigenvalue weighted by Gasteiger charge is 2.23. The van der Waals surface area contributed by atoms with E-state index >= 15 is 0 Å². The molecular weight excluding hydrogens is 104 g/mol. The highest BCUT2D eigenvalue weighted by Crippen LogP contribution is 2.20. The molecule has 0 aliphatic carbocycles. The Morgan fingerprint density at radius 3 is 1.75 bits per heavy atom. The van der Waals surface area contributed by atoms with Gasteiger partial charge in [-0.05, 0) is 13.8 Å². The van der Waals surface area contributed by atoms with E-state index in [4.69, 9.17) is 5.26 Å². The van der Waals surface area contributed by atoms with Gasteiger partial charge in [0.15, 0.2) is 0 Å². The lowest BCUT2D eigenvalue weighted by Crippen LogP contribution is -2.27. The van der Waals surface area contributed by atoms with Crippen LogP contribution >= 0.6 is 0 Å². The second-order valence-electron chi connectivity index (χ2n) is 2.60. The molecule has 0 fully saturated rings. The minimum absolute atomic E-state index is 0.486. The predicted molar refractivity (Wildman–Crippen MR) is 32.4 cm³/mol. The van der Waals surface area contributed by atoms with Crippen molar-refractivity contribution in [1.29, 1.82) is 0 Å². The summed E-state index contributed by atoms with van der Waals surface area (Å²) in [7, 11) is 0. The Morgan fingerprint density at radius 1 is 1.38 bits per heavy atom. The van der Waals surface area contributed by atoms with Crippen molar-refractivity contribution < 1.29 is 10.1 Å². The van der Waals surface area contributed by atoms with Gasteiger partial charge in [-0.2, -0.15) is 0 Å². The molecule has 0 aliphatic heterocycles. The summed E-state index contributed by atoms with van der Waals surface area (Å²) in [5.41, 5.74) is -0.486. The summed E-state index contributed by atoms with van der Waals surface area (Å²) >= 11 is 0. The highest BCUT2D eigenvalue weighted by atomic mass is 17.1. The Balaban J connectivity index is 3.71. The van der Waals surface area contributed by atoms with Crippen molar-refractivity contribution in [3.05, 3.63) is 5.92 Å². The molecule has 0 atom stereocenters. The van der Waals surface area contributed by atoms with E-state index in [0.29, 0.717) is 0 Å². The van der Waals surface area contributed by atoms with Crippen molar-refractivity contribution in [2.75, 3.05) is 0 Å². The van der Waals surface area contributed by atoms with Crippen molar-refractivity contribution in [3.63, 3.8) is 0 Å². The molecule has 1 radical (unpaired) electrons. The Labute approximate surface area is 50.4 Å². The van der Waals surface area contributed by atoms with E-state index in [1.54, 1.807) is 0 Å². The van der Waals surface area contributed by atoms with Gasteiger partial charge in [0.25, 0.3) is 0 Å². The SMILES string of the molecule is C[C](C)C(C)(C)OO. The first-order valence-corrected chi connectivity index (χ1v) is 2.64. The first kappa shape index (κ1) is 7.92. The summed E-state index contributed by atoms with van der Waals surface area (Å²) in [6.45, 7) is 7.44. The minimum atomic E-state index is -0.486. The molecule has 0 aromatic carbocycles. The Morgan fingerprint density at radius 2 is 1.75 bits per heavy atom. The molecule has 0 saturated heterocycles. The lowest BCUT2D eigenvalue weighted by molar-refractivity contribution is -0.306. The number of rotatable bonds is 2. The summed E-state index contributed by atoms with van der Waals surface area (Å²) in [5, 5.41) is 8.24. The van der Waals surface area contributed by atoms with E-state index < -0.39 is 5.60 Å². The first-order valence-electron chi connectivity index (χ1n) is 2.64. The Bertz CT molecular complexity index is 66.9. The largest absolute Gasteiger partial charge is 0.251 e. The molecule has 0 aromatic heterocycles. The highest BCUT2D eigenvalue weighted by molar-refractivity contribution is 4.95. The van der Waals surface area contributed by atoms with Crippen LogP contribution in [0.15, 0.2) is 0 Å². The van der Waals surface area contributed by atoms with Gasteiger partial charge in [0.05, 0.1) is 0 Å². The van der Waals surface area contributed by atoms with Gasteiger partial charge in [-0.1, -0.05) is 13.8 Å². The van der Waals surface area contributed by atoms with Gasteiger partial charge in [0.1, 0.15) is 5.60 Å². The van der Waals surface area contributed by atoms with E-state index in [2.05, 4.69) is 4.89 Å². The topological polar surface area (TPSA) is 29.5 Å². The van der Waals surface area contributed by atoms with Gasteiger partial charge < -0.3 is 0 Å². The minimum Gasteiger partial charge on any atom is -0.251 e. The van der Waals surface area contributed by atoms with Crippen molar-refractivity contribution in [2.24, 2.45) is 0 Å². The molecule has 2 nitrogen and oxygen atoms in total. The van der Waals surface area contributed by atoms with E-state index in [1.807, 2.05) is 27.7 Å². The van der Waals surface area contributed by atoms with Gasteiger partial charge >= 0.3 is 0 Å². The van der Waals surface area contributed by atoms with Gasteiger partial charge in [0, 0.05) is 5.92 Å². The zero-order valence-electron chi connectivity index (χ0n) is 5.86. The smallest absolute Gasteiger partial charge is 0.103 e. The molecule has 0 rings (SSSR count). The molecule has 0 amide bonds. The first-order chi connectivity index (χ1) is 3.50. The zero-order chi connectivity index (χ0) is 6.78. The Kier molecular flexibility index (Phi) is 2.44. The lowest BCUT2D eigenvalue weighted by atomic mass is 9.95. The van der Waals surface area contributed by atoms with Crippen molar-refractivity contribution in [2.45, 2.75) is 33.3 Å². The van der Waals surface area contributed by atoms with Crippen LogP contribution in [-0.2, 0) is 4.89 Å². The van der Waals surface area contributed by atoms with Crippen molar-refractivity contribution >= 4 is 0 Å². The molecule has 0 aromatic rings. The third kappa shape index (κ3) is 1.80. The van der Waals surface area contributed by atoms with E-state index in [-0.39, 0.29) is 0 Å². The maximum Gasteiger partial charge on any atom is 0.103 e. The third-order valence-electron chi connectivity index (χ3n) is 1.43. The average molecular weight is 117 g/mol. The quantitative estimate of drug-likeness (QED) is 0.442. The molecule has 0 aliphatic rings. The maximum absolute atomic E-state index is 8.24. The van der Waals surface area contributed by atoms with E-state index in [1.165, 1.54) is 0 Å². The van der Waals surface area contributed by atoms with Crippen LogP contribution in [0.25, 0.3) is 0 Å². The lowest BCUT2D eigenvalue weighted by Gasteiger charge is -2.23. The Hall–Kier alpha value is -0.0800. The summed E-state index contributed by atoms with van der Waals surface area (Å²) in [4.78, 5) is 4.16. The summed E-state index contributed by atoms with van der Waals surface area (Å²) in [5.74, 6) is 1.06. The predicted octanol–water partition coefficient (Wildman–Crippen LogP) is 1.87. The summed E-state index contributed by atoms with van der Waals surface area (Å²) in [6.07, 6.45) is 0. The van der Waals surface area contributed by atoms with Gasteiger partial charge in [0.2, 0.25) is 0 Å². The van der Waals surface area contributed by atoms with Crippen LogP contribution in [0, 0.1) is 5.92 Å². The third-order valence-corrected chi connectivity index (χ3v) is 1.43. The van der Waals surface area contributed by atoms with Crippen LogP contribution in [0.2, 0.25) is 0 Å². The van der Waals surface area contributed by atoms with E-state index in [9.17, 15) is 0 Å². The zero-order valence-corrected chi connectivity index (χ0v) is 5.86. The van der Waals surface area contributed by atoms with Gasteiger partial charge in [-0.3, -0.25) is 5.26 Å². The molecule has 0 spiro atoms. The molecule has 0 bridgehead atoms. The fourth-order valence-corrected chi connectivity index (χ4v) is 0.0913. The molecule has 0 unspecified atom stereocenters. The summed E-state index contributed by atoms with van der Waals surface area (Å²) in [6, 6.07) is 0. The second kappa shape index (κ2) is 2.46. The van der Waals surface area contributed by atoms with Crippen LogP contribution in [0.5, 0.6) is 0 Å². The van der Waals surface area contributed by atoms with Crippen LogP contribution in [0.4, 0.5) is 0 Å². The van der Waals surface area contributed by atoms with Crippen LogP contribution in [0.3, 0.4) is 0 Å². The average Bonchev–Trinajstić information content (AvgIpc) is 1.67. The normalized spacial score (nSPS) is 12.8.